The number of nitrogens with zero attached hydrogens (tertiary/aromatic N) is 2. The third kappa shape index (κ3) is 3.57. The van der Waals surface area contributed by atoms with Crippen LogP contribution in [0.4, 0.5) is 5.69 Å². The molecule has 2 rings (SSSR count). The second-order valence-corrected chi connectivity index (χ2v) is 6.99. The van der Waals surface area contributed by atoms with Crippen molar-refractivity contribution >= 4 is 21.6 Å². The summed E-state index contributed by atoms with van der Waals surface area (Å²) in [7, 11) is -3.70. The highest BCUT2D eigenvalue weighted by Crippen LogP contribution is 2.28. The van der Waals surface area contributed by atoms with Crippen molar-refractivity contribution in [2.75, 3.05) is 18.4 Å². The highest BCUT2D eigenvalue weighted by Gasteiger charge is 2.23. The van der Waals surface area contributed by atoms with Gasteiger partial charge in [-0.2, -0.15) is 4.31 Å². The van der Waals surface area contributed by atoms with Crippen LogP contribution in [-0.4, -0.2) is 42.0 Å². The maximum absolute atomic E-state index is 12.5. The molecular formula is C15H19N3O5S. The average molecular weight is 353 g/mol. The molecule has 130 valence electrons. The smallest absolute Gasteiger partial charge is 0.294 e. The van der Waals surface area contributed by atoms with Gasteiger partial charge in [0.25, 0.3) is 5.91 Å². The van der Waals surface area contributed by atoms with Gasteiger partial charge in [-0.15, -0.1) is 0 Å². The Morgan fingerprint density at radius 1 is 1.29 bits per heavy atom. The van der Waals surface area contributed by atoms with E-state index < -0.39 is 15.9 Å². The predicted molar refractivity (Wildman–Crippen MR) is 87.4 cm³/mol. The number of benzene rings is 1. The molecule has 0 atom stereocenters. The molecule has 0 bridgehead atoms. The fourth-order valence-corrected chi connectivity index (χ4v) is 3.63. The third-order valence-corrected chi connectivity index (χ3v) is 5.46. The fraction of sp³-hybridized carbons (Fsp3) is 0.333. The Bertz CT molecular complexity index is 841. The summed E-state index contributed by atoms with van der Waals surface area (Å²) in [6.07, 6.45) is 0. The van der Waals surface area contributed by atoms with Gasteiger partial charge in [0.2, 0.25) is 15.8 Å². The number of nitrogens with one attached hydrogen (secondary N) is 1. The second-order valence-electron chi connectivity index (χ2n) is 5.05. The zero-order chi connectivity index (χ0) is 17.9. The van der Waals surface area contributed by atoms with Gasteiger partial charge in [-0.05, 0) is 25.1 Å². The maximum Gasteiger partial charge on any atom is 0.294 e. The van der Waals surface area contributed by atoms with Crippen molar-refractivity contribution in [1.82, 2.24) is 9.46 Å². The second kappa shape index (κ2) is 7.02. The van der Waals surface area contributed by atoms with Crippen molar-refractivity contribution in [3.05, 3.63) is 35.7 Å². The summed E-state index contributed by atoms with van der Waals surface area (Å²) in [6, 6.07) is 5.15. The first kappa shape index (κ1) is 18.0. The van der Waals surface area contributed by atoms with Crippen LogP contribution in [0.2, 0.25) is 0 Å². The van der Waals surface area contributed by atoms with E-state index in [2.05, 4.69) is 10.5 Å². The lowest BCUT2D eigenvalue weighted by Crippen LogP contribution is -2.30. The molecule has 0 unspecified atom stereocenters. The molecule has 2 aromatic rings. The summed E-state index contributed by atoms with van der Waals surface area (Å²) in [4.78, 5) is 12.1. The van der Waals surface area contributed by atoms with E-state index in [0.29, 0.717) is 18.8 Å². The molecule has 1 aromatic heterocycles. The van der Waals surface area contributed by atoms with E-state index >= 15 is 0 Å². The molecule has 2 N–H and O–H groups in total. The van der Waals surface area contributed by atoms with Crippen LogP contribution < -0.4 is 5.32 Å². The van der Waals surface area contributed by atoms with E-state index in [9.17, 15) is 18.3 Å². The Balaban J connectivity index is 2.34. The number of amides is 1. The molecule has 0 fully saturated rings. The number of carbonyl (C=O) groups is 1. The van der Waals surface area contributed by atoms with Crippen molar-refractivity contribution < 1.29 is 22.8 Å². The van der Waals surface area contributed by atoms with Crippen LogP contribution in [0.3, 0.4) is 0 Å². The molecule has 0 saturated carbocycles. The van der Waals surface area contributed by atoms with Gasteiger partial charge in [0.15, 0.2) is 0 Å². The maximum atomic E-state index is 12.5. The Hall–Kier alpha value is -2.39. The van der Waals surface area contributed by atoms with E-state index in [0.717, 1.165) is 0 Å². The summed E-state index contributed by atoms with van der Waals surface area (Å²) in [5.74, 6) is -0.926. The van der Waals surface area contributed by atoms with E-state index in [1.54, 1.807) is 20.8 Å². The number of carbonyl (C=O) groups excluding carboxylic acids is 1. The van der Waals surface area contributed by atoms with Gasteiger partial charge in [-0.1, -0.05) is 19.0 Å². The Labute approximate surface area is 140 Å². The number of aryl methyl sites for hydroxylation is 1. The van der Waals surface area contributed by atoms with Crippen LogP contribution in [0.5, 0.6) is 5.75 Å². The van der Waals surface area contributed by atoms with Crippen molar-refractivity contribution in [2.45, 2.75) is 25.7 Å². The van der Waals surface area contributed by atoms with Gasteiger partial charge in [-0.25, -0.2) is 8.42 Å². The average Bonchev–Trinajstić information content (AvgIpc) is 2.97. The first-order valence-corrected chi connectivity index (χ1v) is 8.81. The predicted octanol–water partition coefficient (Wildman–Crippen LogP) is 1.97. The molecular weight excluding hydrogens is 334 g/mol. The minimum absolute atomic E-state index is 0.0203. The molecule has 1 heterocycles. The lowest BCUT2D eigenvalue weighted by molar-refractivity contribution is 0.0987. The van der Waals surface area contributed by atoms with E-state index in [1.165, 1.54) is 28.6 Å². The number of sulfonamides is 1. The van der Waals surface area contributed by atoms with Gasteiger partial charge in [-0.3, -0.25) is 4.79 Å². The Morgan fingerprint density at radius 2 is 1.96 bits per heavy atom. The van der Waals surface area contributed by atoms with Crippen LogP contribution in [0.15, 0.2) is 33.7 Å². The van der Waals surface area contributed by atoms with Gasteiger partial charge in [0, 0.05) is 19.2 Å². The number of anilines is 1. The first-order valence-electron chi connectivity index (χ1n) is 7.37. The van der Waals surface area contributed by atoms with Gasteiger partial charge in [0.05, 0.1) is 16.3 Å². The van der Waals surface area contributed by atoms with Crippen molar-refractivity contribution in [2.24, 2.45) is 0 Å². The Kier molecular flexibility index (Phi) is 5.25. The zero-order valence-corrected chi connectivity index (χ0v) is 14.4. The molecule has 0 saturated heterocycles. The molecule has 0 spiro atoms. The summed E-state index contributed by atoms with van der Waals surface area (Å²) in [6.45, 7) is 5.76. The topological polar surface area (TPSA) is 113 Å². The first-order chi connectivity index (χ1) is 11.3. The summed E-state index contributed by atoms with van der Waals surface area (Å²) in [5.41, 5.74) is 0.504. The third-order valence-electron chi connectivity index (χ3n) is 3.41. The van der Waals surface area contributed by atoms with Crippen LogP contribution in [-0.2, 0) is 10.0 Å². The molecule has 1 aromatic carbocycles. The molecule has 0 aliphatic rings. The molecule has 24 heavy (non-hydrogen) atoms. The molecule has 8 nitrogen and oxygen atoms in total. The number of hydrogen-bond donors (Lipinski definition) is 2. The van der Waals surface area contributed by atoms with Gasteiger partial charge >= 0.3 is 0 Å². The number of phenolic OH excluding ortho intramolecular Hbond substituents is 1. The van der Waals surface area contributed by atoms with Crippen LogP contribution >= 0.6 is 0 Å². The van der Waals surface area contributed by atoms with Crippen molar-refractivity contribution in [1.29, 1.82) is 0 Å². The number of rotatable bonds is 6. The van der Waals surface area contributed by atoms with E-state index in [1.807, 2.05) is 0 Å². The number of hydrogen-bond acceptors (Lipinski definition) is 6. The number of phenols is 1. The van der Waals surface area contributed by atoms with E-state index in [4.69, 9.17) is 4.52 Å². The van der Waals surface area contributed by atoms with E-state index in [-0.39, 0.29) is 22.1 Å². The monoisotopic (exact) mass is 353 g/mol. The molecule has 0 aliphatic heterocycles. The number of aromatic nitrogens is 1. The SMILES string of the molecule is CCN(CC)S(=O)(=O)c1ccc(O)c(NC(=O)c2cc(C)no2)c1. The number of aromatic hydroxyl groups is 1. The van der Waals surface area contributed by atoms with Crippen molar-refractivity contribution in [3.8, 4) is 5.75 Å². The van der Waals surface area contributed by atoms with Crippen LogP contribution in [0.25, 0.3) is 0 Å². The van der Waals surface area contributed by atoms with Crippen LogP contribution in [0, 0.1) is 6.92 Å². The molecule has 9 heteroatoms. The summed E-state index contributed by atoms with van der Waals surface area (Å²) >= 11 is 0. The quantitative estimate of drug-likeness (QED) is 0.768. The standard InChI is InChI=1S/C15H19N3O5S/c1-4-18(5-2)24(21,22)11-6-7-13(19)12(9-11)16-15(20)14-8-10(3)17-23-14/h6-9,19H,4-5H2,1-3H3,(H,16,20). The molecule has 0 aliphatic carbocycles. The van der Waals surface area contributed by atoms with Gasteiger partial charge < -0.3 is 14.9 Å². The zero-order valence-electron chi connectivity index (χ0n) is 13.6. The molecule has 0 radical (unpaired) electrons. The fourth-order valence-electron chi connectivity index (χ4n) is 2.14. The largest absolute Gasteiger partial charge is 0.506 e. The lowest BCUT2D eigenvalue weighted by atomic mass is 10.3. The minimum atomic E-state index is -3.70. The van der Waals surface area contributed by atoms with Crippen LogP contribution in [0.1, 0.15) is 30.1 Å². The normalized spacial score (nSPS) is 11.7. The highest BCUT2D eigenvalue weighted by atomic mass is 32.2. The minimum Gasteiger partial charge on any atom is -0.506 e. The van der Waals surface area contributed by atoms with Gasteiger partial charge in [0.1, 0.15) is 5.75 Å². The highest BCUT2D eigenvalue weighted by molar-refractivity contribution is 7.89. The lowest BCUT2D eigenvalue weighted by Gasteiger charge is -2.19. The molecule has 1 amide bonds. The Morgan fingerprint density at radius 3 is 2.50 bits per heavy atom. The summed E-state index contributed by atoms with van der Waals surface area (Å²) < 4.78 is 31.2. The van der Waals surface area contributed by atoms with Crippen molar-refractivity contribution in [3.63, 3.8) is 0 Å². The summed E-state index contributed by atoms with van der Waals surface area (Å²) in [5, 5.41) is 15.9.